The maximum atomic E-state index is 12.6. The van der Waals surface area contributed by atoms with E-state index in [1.165, 1.54) is 23.5 Å². The molecular formula is C12H17N3O5S. The zero-order chi connectivity index (χ0) is 15.6. The van der Waals surface area contributed by atoms with E-state index >= 15 is 0 Å². The lowest BCUT2D eigenvalue weighted by molar-refractivity contribution is -0.385. The summed E-state index contributed by atoms with van der Waals surface area (Å²) >= 11 is 0. The van der Waals surface area contributed by atoms with Gasteiger partial charge in [0.05, 0.1) is 16.9 Å². The molecule has 1 aliphatic heterocycles. The quantitative estimate of drug-likeness (QED) is 0.632. The number of hydrogen-bond acceptors (Lipinski definition) is 6. The number of hydrogen-bond donors (Lipinski definition) is 1. The van der Waals surface area contributed by atoms with Gasteiger partial charge >= 0.3 is 5.69 Å². The lowest BCUT2D eigenvalue weighted by Gasteiger charge is -2.22. The Kier molecular flexibility index (Phi) is 4.45. The lowest BCUT2D eigenvalue weighted by atomic mass is 10.2. The minimum atomic E-state index is -3.72. The molecule has 2 rings (SSSR count). The van der Waals surface area contributed by atoms with Crippen LogP contribution in [0.15, 0.2) is 23.1 Å². The number of sulfonamides is 1. The van der Waals surface area contributed by atoms with E-state index in [0.717, 1.165) is 18.9 Å². The molecule has 1 fully saturated rings. The van der Waals surface area contributed by atoms with Gasteiger partial charge in [0.25, 0.3) is 0 Å². The first kappa shape index (κ1) is 15.7. The predicted molar refractivity (Wildman–Crippen MR) is 75.6 cm³/mol. The normalized spacial score (nSPS) is 19.6. The van der Waals surface area contributed by atoms with Gasteiger partial charge in [0.15, 0.2) is 5.75 Å². The molecule has 0 bridgehead atoms. The van der Waals surface area contributed by atoms with E-state index in [9.17, 15) is 18.5 Å². The van der Waals surface area contributed by atoms with Gasteiger partial charge in [-0.25, -0.2) is 8.42 Å². The molecule has 1 unspecified atom stereocenters. The summed E-state index contributed by atoms with van der Waals surface area (Å²) in [6, 6.07) is 3.32. The topological polar surface area (TPSA) is 116 Å². The Hall–Kier alpha value is -1.71. The summed E-state index contributed by atoms with van der Waals surface area (Å²) in [6.45, 7) is 0.660. The number of methoxy groups -OCH3 is 1. The Morgan fingerprint density at radius 1 is 1.52 bits per heavy atom. The average Bonchev–Trinajstić information content (AvgIpc) is 2.95. The second-order valence-corrected chi connectivity index (χ2v) is 6.63. The summed E-state index contributed by atoms with van der Waals surface area (Å²) in [5.41, 5.74) is 5.33. The van der Waals surface area contributed by atoms with Crippen LogP contribution >= 0.6 is 0 Å². The molecule has 0 spiro atoms. The van der Waals surface area contributed by atoms with Crippen LogP contribution in [0, 0.1) is 10.1 Å². The minimum Gasteiger partial charge on any atom is -0.490 e. The van der Waals surface area contributed by atoms with Crippen molar-refractivity contribution in [2.45, 2.75) is 23.8 Å². The Morgan fingerprint density at radius 2 is 2.24 bits per heavy atom. The fraction of sp³-hybridized carbons (Fsp3) is 0.500. The Morgan fingerprint density at radius 3 is 2.81 bits per heavy atom. The molecule has 21 heavy (non-hydrogen) atoms. The monoisotopic (exact) mass is 315 g/mol. The molecule has 2 N–H and O–H groups in total. The maximum Gasteiger partial charge on any atom is 0.310 e. The molecule has 0 radical (unpaired) electrons. The number of nitro benzene ring substituents is 1. The highest BCUT2D eigenvalue weighted by Crippen LogP contribution is 2.32. The molecule has 1 aliphatic rings. The molecule has 1 atom stereocenters. The number of rotatable bonds is 5. The summed E-state index contributed by atoms with van der Waals surface area (Å²) in [5.74, 6) is -0.0791. The van der Waals surface area contributed by atoms with Crippen LogP contribution in [-0.4, -0.2) is 43.9 Å². The molecule has 0 aromatic heterocycles. The second kappa shape index (κ2) is 5.96. The van der Waals surface area contributed by atoms with E-state index < -0.39 is 14.9 Å². The van der Waals surface area contributed by atoms with Gasteiger partial charge in [-0.1, -0.05) is 0 Å². The van der Waals surface area contributed by atoms with Crippen LogP contribution in [0.2, 0.25) is 0 Å². The van der Waals surface area contributed by atoms with Crippen molar-refractivity contribution in [2.75, 3.05) is 20.2 Å². The van der Waals surface area contributed by atoms with Crippen LogP contribution in [0.1, 0.15) is 12.8 Å². The van der Waals surface area contributed by atoms with Crippen LogP contribution in [-0.2, 0) is 10.0 Å². The van der Waals surface area contributed by atoms with Crippen molar-refractivity contribution in [1.82, 2.24) is 4.31 Å². The molecule has 1 heterocycles. The van der Waals surface area contributed by atoms with Gasteiger partial charge in [0.2, 0.25) is 10.0 Å². The summed E-state index contributed by atoms with van der Waals surface area (Å²) < 4.78 is 31.5. The molecule has 1 aromatic rings. The largest absolute Gasteiger partial charge is 0.490 e. The standard InChI is InChI=1S/C12H17N3O5S/c1-20-12-7-10(4-5-11(12)15(16)17)21(18,19)14-6-2-3-9(14)8-13/h4-5,7,9H,2-3,6,8,13H2,1H3. The number of nitro groups is 1. The van der Waals surface area contributed by atoms with Crippen molar-refractivity contribution in [2.24, 2.45) is 5.73 Å². The van der Waals surface area contributed by atoms with Crippen molar-refractivity contribution in [3.63, 3.8) is 0 Å². The number of nitrogens with two attached hydrogens (primary N) is 1. The molecule has 1 saturated heterocycles. The molecule has 8 nitrogen and oxygen atoms in total. The molecule has 1 aromatic carbocycles. The molecule has 116 valence electrons. The Labute approximate surface area is 122 Å². The van der Waals surface area contributed by atoms with E-state index in [1.807, 2.05) is 0 Å². The van der Waals surface area contributed by atoms with Crippen LogP contribution in [0.4, 0.5) is 5.69 Å². The SMILES string of the molecule is COc1cc(S(=O)(=O)N2CCCC2CN)ccc1[N+](=O)[O-]. The van der Waals surface area contributed by atoms with Crippen LogP contribution in [0.3, 0.4) is 0 Å². The molecule has 0 amide bonds. The van der Waals surface area contributed by atoms with Gasteiger partial charge in [-0.2, -0.15) is 4.31 Å². The summed E-state index contributed by atoms with van der Waals surface area (Å²) in [7, 11) is -2.46. The Balaban J connectivity index is 2.43. The number of benzene rings is 1. The summed E-state index contributed by atoms with van der Waals surface area (Å²) in [5, 5.41) is 10.8. The zero-order valence-corrected chi connectivity index (χ0v) is 12.4. The van der Waals surface area contributed by atoms with Crippen LogP contribution in [0.25, 0.3) is 0 Å². The molecular weight excluding hydrogens is 298 g/mol. The number of nitrogens with zero attached hydrogens (tertiary/aromatic N) is 2. The van der Waals surface area contributed by atoms with E-state index in [1.54, 1.807) is 0 Å². The van der Waals surface area contributed by atoms with Crippen molar-refractivity contribution in [3.05, 3.63) is 28.3 Å². The van der Waals surface area contributed by atoms with E-state index in [-0.39, 0.29) is 28.9 Å². The minimum absolute atomic E-state index is 0.0229. The van der Waals surface area contributed by atoms with Crippen LogP contribution in [0.5, 0.6) is 5.75 Å². The molecule has 0 saturated carbocycles. The van der Waals surface area contributed by atoms with Crippen molar-refractivity contribution in [3.8, 4) is 5.75 Å². The first-order valence-electron chi connectivity index (χ1n) is 6.46. The van der Waals surface area contributed by atoms with Crippen LogP contribution < -0.4 is 10.5 Å². The maximum absolute atomic E-state index is 12.6. The van der Waals surface area contributed by atoms with Crippen molar-refractivity contribution in [1.29, 1.82) is 0 Å². The van der Waals surface area contributed by atoms with Crippen molar-refractivity contribution >= 4 is 15.7 Å². The highest BCUT2D eigenvalue weighted by atomic mass is 32.2. The summed E-state index contributed by atoms with van der Waals surface area (Å²) in [6.07, 6.45) is 1.48. The third-order valence-electron chi connectivity index (χ3n) is 3.55. The zero-order valence-electron chi connectivity index (χ0n) is 11.6. The van der Waals surface area contributed by atoms with Gasteiger partial charge in [0.1, 0.15) is 0 Å². The highest BCUT2D eigenvalue weighted by Gasteiger charge is 2.35. The highest BCUT2D eigenvalue weighted by molar-refractivity contribution is 7.89. The van der Waals surface area contributed by atoms with E-state index in [4.69, 9.17) is 10.5 Å². The smallest absolute Gasteiger partial charge is 0.310 e. The average molecular weight is 315 g/mol. The molecule has 9 heteroatoms. The van der Waals surface area contributed by atoms with Gasteiger partial charge in [-0.15, -0.1) is 0 Å². The third kappa shape index (κ3) is 2.85. The van der Waals surface area contributed by atoms with E-state index in [2.05, 4.69) is 0 Å². The van der Waals surface area contributed by atoms with Gasteiger partial charge < -0.3 is 10.5 Å². The number of ether oxygens (including phenoxy) is 1. The Bertz CT molecular complexity index is 646. The fourth-order valence-corrected chi connectivity index (χ4v) is 4.19. The van der Waals surface area contributed by atoms with Gasteiger partial charge in [-0.3, -0.25) is 10.1 Å². The summed E-state index contributed by atoms with van der Waals surface area (Å²) in [4.78, 5) is 10.2. The predicted octanol–water partition coefficient (Wildman–Crippen LogP) is 0.715. The lowest BCUT2D eigenvalue weighted by Crippen LogP contribution is -2.39. The van der Waals surface area contributed by atoms with Crippen molar-refractivity contribution < 1.29 is 18.1 Å². The van der Waals surface area contributed by atoms with Gasteiger partial charge in [0, 0.05) is 31.3 Å². The fourth-order valence-electron chi connectivity index (χ4n) is 2.47. The second-order valence-electron chi connectivity index (χ2n) is 4.74. The third-order valence-corrected chi connectivity index (χ3v) is 5.50. The molecule has 0 aliphatic carbocycles. The first-order valence-corrected chi connectivity index (χ1v) is 7.90. The first-order chi connectivity index (χ1) is 9.91. The van der Waals surface area contributed by atoms with E-state index in [0.29, 0.717) is 6.54 Å². The van der Waals surface area contributed by atoms with Gasteiger partial charge in [-0.05, 0) is 18.9 Å².